The third kappa shape index (κ3) is 3.68. The van der Waals surface area contributed by atoms with Gasteiger partial charge in [-0.1, -0.05) is 25.1 Å². The Morgan fingerprint density at radius 1 is 1.28 bits per heavy atom. The number of imidazole rings is 2. The van der Waals surface area contributed by atoms with Crippen LogP contribution in [-0.4, -0.2) is 42.8 Å². The zero-order valence-corrected chi connectivity index (χ0v) is 19.3. The van der Waals surface area contributed by atoms with Gasteiger partial charge in [-0.3, -0.25) is 9.20 Å². The number of piperidine rings is 1. The van der Waals surface area contributed by atoms with Crippen LogP contribution in [0.1, 0.15) is 54.4 Å². The molecule has 1 atom stereocenters. The molecule has 1 saturated heterocycles. The van der Waals surface area contributed by atoms with Crippen LogP contribution in [0.4, 0.5) is 11.6 Å². The average Bonchev–Trinajstić information content (AvgIpc) is 3.57. The highest BCUT2D eigenvalue weighted by atomic mass is 32.1. The zero-order valence-electron chi connectivity index (χ0n) is 18.5. The van der Waals surface area contributed by atoms with Gasteiger partial charge in [0.15, 0.2) is 0 Å². The summed E-state index contributed by atoms with van der Waals surface area (Å²) in [4.78, 5) is 25.5. The molecule has 4 heterocycles. The third-order valence-corrected chi connectivity index (χ3v) is 7.18. The Labute approximate surface area is 191 Å². The van der Waals surface area contributed by atoms with Crippen molar-refractivity contribution in [1.82, 2.24) is 23.8 Å². The second kappa shape index (κ2) is 8.78. The molecule has 3 aromatic heterocycles. The summed E-state index contributed by atoms with van der Waals surface area (Å²) in [7, 11) is 0. The molecule has 4 aromatic rings. The Bertz CT molecular complexity index is 1240. The van der Waals surface area contributed by atoms with Gasteiger partial charge in [0.2, 0.25) is 5.95 Å². The van der Waals surface area contributed by atoms with Crippen molar-refractivity contribution >= 4 is 33.7 Å². The van der Waals surface area contributed by atoms with Crippen LogP contribution in [0.3, 0.4) is 0 Å². The van der Waals surface area contributed by atoms with Gasteiger partial charge >= 0.3 is 0 Å². The van der Waals surface area contributed by atoms with Crippen molar-refractivity contribution in [3.05, 3.63) is 65.3 Å². The minimum absolute atomic E-state index is 0.0610. The predicted octanol–water partition coefficient (Wildman–Crippen LogP) is 4.94. The van der Waals surface area contributed by atoms with Crippen LogP contribution >= 0.6 is 11.3 Å². The number of fused-ring (bicyclic) bond motifs is 1. The topological polar surface area (TPSA) is 67.5 Å². The molecule has 32 heavy (non-hydrogen) atoms. The molecule has 1 N–H and O–H groups in total. The Morgan fingerprint density at radius 3 is 3.00 bits per heavy atom. The molecule has 1 fully saturated rings. The van der Waals surface area contributed by atoms with Crippen molar-refractivity contribution in [2.75, 3.05) is 18.4 Å². The summed E-state index contributed by atoms with van der Waals surface area (Å²) in [5.74, 6) is 1.12. The van der Waals surface area contributed by atoms with E-state index in [2.05, 4.69) is 51.4 Å². The Kier molecular flexibility index (Phi) is 5.70. The first kappa shape index (κ1) is 20.8. The highest BCUT2D eigenvalue weighted by Gasteiger charge is 2.30. The largest absolute Gasteiger partial charge is 0.337 e. The first-order valence-corrected chi connectivity index (χ1v) is 12.2. The fourth-order valence-corrected chi connectivity index (χ4v) is 5.47. The van der Waals surface area contributed by atoms with Crippen molar-refractivity contribution in [2.45, 2.75) is 45.6 Å². The van der Waals surface area contributed by atoms with Crippen LogP contribution in [0.25, 0.3) is 4.83 Å². The summed E-state index contributed by atoms with van der Waals surface area (Å²) in [5, 5.41) is 5.65. The van der Waals surface area contributed by atoms with E-state index in [0.29, 0.717) is 12.2 Å². The number of para-hydroxylation sites is 1. The van der Waals surface area contributed by atoms with E-state index in [4.69, 9.17) is 4.98 Å². The lowest BCUT2D eigenvalue weighted by Gasteiger charge is -2.32. The molecule has 5 rings (SSSR count). The molecule has 1 aromatic carbocycles. The molecule has 1 aliphatic rings. The molecule has 1 aliphatic heterocycles. The van der Waals surface area contributed by atoms with Crippen molar-refractivity contribution in [3.63, 3.8) is 0 Å². The van der Waals surface area contributed by atoms with Crippen LogP contribution in [0.5, 0.6) is 0 Å². The van der Waals surface area contributed by atoms with Gasteiger partial charge in [-0.05, 0) is 37.8 Å². The van der Waals surface area contributed by atoms with E-state index >= 15 is 0 Å². The van der Waals surface area contributed by atoms with E-state index in [1.54, 1.807) is 23.9 Å². The third-order valence-electron chi connectivity index (χ3n) is 6.29. The first-order valence-electron chi connectivity index (χ1n) is 11.3. The number of aryl methyl sites for hydroxylation is 2. The monoisotopic (exact) mass is 448 g/mol. The highest BCUT2D eigenvalue weighted by molar-refractivity contribution is 7.15. The lowest BCUT2D eigenvalue weighted by Crippen LogP contribution is -2.40. The fraction of sp³-hybridized carbons (Fsp3) is 0.375. The molecular formula is C24H28N6OS. The molecule has 0 aliphatic carbocycles. The number of likely N-dealkylation sites (tertiary alicyclic amines) is 1. The van der Waals surface area contributed by atoms with Crippen LogP contribution < -0.4 is 5.32 Å². The predicted molar refractivity (Wildman–Crippen MR) is 128 cm³/mol. The Balaban J connectivity index is 1.42. The molecule has 1 amide bonds. The molecule has 7 nitrogen and oxygen atoms in total. The Hall–Kier alpha value is -3.13. The molecule has 0 saturated carbocycles. The van der Waals surface area contributed by atoms with Gasteiger partial charge in [-0.2, -0.15) is 0 Å². The van der Waals surface area contributed by atoms with E-state index in [1.165, 1.54) is 5.56 Å². The first-order chi connectivity index (χ1) is 15.7. The molecule has 8 heteroatoms. The number of benzene rings is 1. The smallest absolute Gasteiger partial charge is 0.272 e. The maximum Gasteiger partial charge on any atom is 0.272 e. The number of hydrogen-bond acceptors (Lipinski definition) is 5. The number of nitrogens with one attached hydrogen (secondary N) is 1. The minimum Gasteiger partial charge on any atom is -0.337 e. The van der Waals surface area contributed by atoms with Gasteiger partial charge in [-0.15, -0.1) is 11.3 Å². The van der Waals surface area contributed by atoms with Crippen LogP contribution in [-0.2, 0) is 13.0 Å². The van der Waals surface area contributed by atoms with Crippen LogP contribution in [0.15, 0.2) is 48.4 Å². The molecule has 0 radical (unpaired) electrons. The summed E-state index contributed by atoms with van der Waals surface area (Å²) in [5.41, 5.74) is 4.10. The fourth-order valence-electron chi connectivity index (χ4n) is 4.57. The molecule has 166 valence electrons. The second-order valence-electron chi connectivity index (χ2n) is 8.19. The number of amides is 1. The van der Waals surface area contributed by atoms with Gasteiger partial charge in [-0.25, -0.2) is 9.97 Å². The lowest BCUT2D eigenvalue weighted by atomic mass is 9.95. The highest BCUT2D eigenvalue weighted by Crippen LogP contribution is 2.35. The maximum absolute atomic E-state index is 13.2. The lowest BCUT2D eigenvalue weighted by molar-refractivity contribution is 0.0695. The zero-order chi connectivity index (χ0) is 22.1. The van der Waals surface area contributed by atoms with Crippen molar-refractivity contribution in [2.24, 2.45) is 0 Å². The summed E-state index contributed by atoms with van der Waals surface area (Å²) in [6.07, 6.45) is 8.44. The molecule has 0 spiro atoms. The number of thiazole rings is 1. The summed E-state index contributed by atoms with van der Waals surface area (Å²) in [6.45, 7) is 6.39. The van der Waals surface area contributed by atoms with Gasteiger partial charge in [0.1, 0.15) is 10.5 Å². The number of aromatic nitrogens is 4. The van der Waals surface area contributed by atoms with Crippen LogP contribution in [0.2, 0.25) is 0 Å². The van der Waals surface area contributed by atoms with Crippen molar-refractivity contribution in [3.8, 4) is 0 Å². The van der Waals surface area contributed by atoms with Gasteiger partial charge in [0.25, 0.3) is 5.91 Å². The normalized spacial score (nSPS) is 16.6. The summed E-state index contributed by atoms with van der Waals surface area (Å²) >= 11 is 1.71. The number of anilines is 2. The molecular weight excluding hydrogens is 420 g/mol. The summed E-state index contributed by atoms with van der Waals surface area (Å²) < 4.78 is 4.05. The van der Waals surface area contributed by atoms with E-state index < -0.39 is 0 Å². The SMILES string of the molecule is CCc1ccccc1Nc1nc([C@H]2CCCN(C(=O)c3cncn3CC)C2)c2sccn12. The number of carbonyl (C=O) groups is 1. The van der Waals surface area contributed by atoms with E-state index in [0.717, 1.165) is 54.5 Å². The quantitative estimate of drug-likeness (QED) is 0.454. The second-order valence-corrected chi connectivity index (χ2v) is 9.08. The maximum atomic E-state index is 13.2. The number of hydrogen-bond donors (Lipinski definition) is 1. The number of nitrogens with zero attached hydrogens (tertiary/aromatic N) is 5. The van der Waals surface area contributed by atoms with E-state index in [-0.39, 0.29) is 11.8 Å². The van der Waals surface area contributed by atoms with Crippen molar-refractivity contribution < 1.29 is 4.79 Å². The Morgan fingerprint density at radius 2 is 2.16 bits per heavy atom. The van der Waals surface area contributed by atoms with E-state index in [1.807, 2.05) is 22.5 Å². The standard InChI is InChI=1S/C24H28N6OS/c1-3-17-8-5-6-10-19(17)26-24-27-21(23-30(24)12-13-32-23)18-9-7-11-29(15-18)22(31)20-14-25-16-28(20)4-2/h5-6,8,10,12-14,16,18H,3-4,7,9,11,15H2,1-2H3,(H,26,27)/t18-/m0/s1. The van der Waals surface area contributed by atoms with E-state index in [9.17, 15) is 4.79 Å². The van der Waals surface area contributed by atoms with Gasteiger partial charge in [0, 0.05) is 42.8 Å². The van der Waals surface area contributed by atoms with Gasteiger partial charge < -0.3 is 14.8 Å². The minimum atomic E-state index is 0.0610. The number of carbonyl (C=O) groups excluding carboxylic acids is 1. The van der Waals surface area contributed by atoms with Crippen molar-refractivity contribution in [1.29, 1.82) is 0 Å². The molecule has 0 unspecified atom stereocenters. The summed E-state index contributed by atoms with van der Waals surface area (Å²) in [6, 6.07) is 8.36. The van der Waals surface area contributed by atoms with Gasteiger partial charge in [0.05, 0.1) is 18.2 Å². The van der Waals surface area contributed by atoms with Crippen LogP contribution in [0, 0.1) is 0 Å². The molecule has 0 bridgehead atoms. The number of rotatable bonds is 6. The average molecular weight is 449 g/mol.